The van der Waals surface area contributed by atoms with Crippen LogP contribution in [0.3, 0.4) is 0 Å². The van der Waals surface area contributed by atoms with E-state index in [1.165, 1.54) is 20.0 Å². The third-order valence-electron chi connectivity index (χ3n) is 3.68. The van der Waals surface area contributed by atoms with Gasteiger partial charge in [0.25, 0.3) is 0 Å². The highest BCUT2D eigenvalue weighted by molar-refractivity contribution is 5.88. The van der Waals surface area contributed by atoms with E-state index in [1.807, 2.05) is 0 Å². The van der Waals surface area contributed by atoms with Gasteiger partial charge < -0.3 is 15.4 Å². The number of hydrogen-bond donors (Lipinski definition) is 1. The fourth-order valence-corrected chi connectivity index (χ4v) is 2.70. The summed E-state index contributed by atoms with van der Waals surface area (Å²) in [6.45, 7) is 2.93. The minimum Gasteiger partial charge on any atom is -0.464 e. The number of ether oxygens (including phenoxy) is 1. The van der Waals surface area contributed by atoms with E-state index in [0.29, 0.717) is 23.2 Å². The summed E-state index contributed by atoms with van der Waals surface area (Å²) in [4.78, 5) is 18.2. The Morgan fingerprint density at radius 3 is 2.74 bits per heavy atom. The average Bonchev–Trinajstić information content (AvgIpc) is 2.94. The lowest BCUT2D eigenvalue weighted by atomic mass is 10.2. The quantitative estimate of drug-likeness (QED) is 0.844. The Morgan fingerprint density at radius 1 is 1.47 bits per heavy atom. The smallest absolute Gasteiger partial charge is 0.356 e. The van der Waals surface area contributed by atoms with E-state index in [4.69, 9.17) is 10.5 Å². The second-order valence-corrected chi connectivity index (χ2v) is 4.83. The van der Waals surface area contributed by atoms with Crippen molar-refractivity contribution in [2.24, 2.45) is 0 Å². The molecule has 1 aliphatic rings. The summed E-state index contributed by atoms with van der Waals surface area (Å²) in [5.74, 6) is 0.279. The van der Waals surface area contributed by atoms with Gasteiger partial charge in [-0.3, -0.25) is 0 Å². The van der Waals surface area contributed by atoms with Crippen molar-refractivity contribution >= 4 is 17.5 Å². The van der Waals surface area contributed by atoms with Crippen LogP contribution in [0.5, 0.6) is 0 Å². The van der Waals surface area contributed by atoms with Crippen LogP contribution in [-0.4, -0.2) is 30.6 Å². The number of pyridine rings is 1. The average molecular weight is 263 g/mol. The summed E-state index contributed by atoms with van der Waals surface area (Å²) < 4.78 is 4.71. The van der Waals surface area contributed by atoms with E-state index >= 15 is 0 Å². The van der Waals surface area contributed by atoms with Crippen molar-refractivity contribution in [3.05, 3.63) is 17.8 Å². The number of anilines is 2. The van der Waals surface area contributed by atoms with Crippen LogP contribution < -0.4 is 10.6 Å². The van der Waals surface area contributed by atoms with Gasteiger partial charge in [-0.15, -0.1) is 0 Å². The van der Waals surface area contributed by atoms with Crippen LogP contribution in [0.25, 0.3) is 0 Å². The van der Waals surface area contributed by atoms with Gasteiger partial charge in [0.1, 0.15) is 0 Å². The lowest BCUT2D eigenvalue weighted by Crippen LogP contribution is -2.34. The number of carbonyl (C=O) groups is 1. The zero-order chi connectivity index (χ0) is 13.8. The molecule has 1 aromatic heterocycles. The van der Waals surface area contributed by atoms with Crippen LogP contribution in [-0.2, 0) is 4.74 Å². The number of hydrogen-bond acceptors (Lipinski definition) is 5. The van der Waals surface area contributed by atoms with Gasteiger partial charge in [0.15, 0.2) is 11.5 Å². The predicted molar refractivity (Wildman–Crippen MR) is 75.3 cm³/mol. The Labute approximate surface area is 113 Å². The monoisotopic (exact) mass is 263 g/mol. The predicted octanol–water partition coefficient (Wildman–Crippen LogP) is 2.22. The van der Waals surface area contributed by atoms with Crippen molar-refractivity contribution in [2.75, 3.05) is 24.3 Å². The van der Waals surface area contributed by atoms with Crippen LogP contribution in [0.1, 0.15) is 43.1 Å². The maximum Gasteiger partial charge on any atom is 0.356 e. The number of methoxy groups -OCH3 is 1. The van der Waals surface area contributed by atoms with Crippen molar-refractivity contribution in [3.8, 4) is 0 Å². The SMILES string of the molecule is CCN(c1nc(C(=O)OC)ccc1N)C1CCCC1. The van der Waals surface area contributed by atoms with Gasteiger partial charge in [0, 0.05) is 12.6 Å². The minimum absolute atomic E-state index is 0.308. The Hall–Kier alpha value is -1.78. The van der Waals surface area contributed by atoms with Crippen molar-refractivity contribution in [3.63, 3.8) is 0 Å². The number of aromatic nitrogens is 1. The van der Waals surface area contributed by atoms with Gasteiger partial charge >= 0.3 is 5.97 Å². The zero-order valence-electron chi connectivity index (χ0n) is 11.6. The fourth-order valence-electron chi connectivity index (χ4n) is 2.70. The molecule has 0 radical (unpaired) electrons. The van der Waals surface area contributed by atoms with E-state index in [2.05, 4.69) is 16.8 Å². The standard InChI is InChI=1S/C14H21N3O2/c1-3-17(10-6-4-5-7-10)13-11(15)8-9-12(16-13)14(18)19-2/h8-10H,3-7,15H2,1-2H3. The van der Waals surface area contributed by atoms with E-state index in [1.54, 1.807) is 12.1 Å². The molecule has 0 bridgehead atoms. The van der Waals surface area contributed by atoms with Crippen molar-refractivity contribution in [1.29, 1.82) is 0 Å². The summed E-state index contributed by atoms with van der Waals surface area (Å²) in [6, 6.07) is 3.81. The number of nitrogens with two attached hydrogens (primary N) is 1. The molecule has 5 nitrogen and oxygen atoms in total. The van der Waals surface area contributed by atoms with Crippen molar-refractivity contribution in [1.82, 2.24) is 4.98 Å². The molecule has 0 unspecified atom stereocenters. The zero-order valence-corrected chi connectivity index (χ0v) is 11.6. The molecule has 0 atom stereocenters. The Kier molecular flexibility index (Phi) is 4.24. The van der Waals surface area contributed by atoms with Crippen LogP contribution >= 0.6 is 0 Å². The van der Waals surface area contributed by atoms with Crippen LogP contribution in [0, 0.1) is 0 Å². The number of esters is 1. The molecule has 1 heterocycles. The Morgan fingerprint density at radius 2 is 2.16 bits per heavy atom. The first kappa shape index (κ1) is 13.6. The molecule has 5 heteroatoms. The molecule has 2 N–H and O–H groups in total. The summed E-state index contributed by atoms with van der Waals surface area (Å²) >= 11 is 0. The first-order valence-electron chi connectivity index (χ1n) is 6.78. The number of carbonyl (C=O) groups excluding carboxylic acids is 1. The van der Waals surface area contributed by atoms with E-state index in [-0.39, 0.29) is 0 Å². The van der Waals surface area contributed by atoms with Crippen LogP contribution in [0.4, 0.5) is 11.5 Å². The summed E-state index contributed by atoms with van der Waals surface area (Å²) in [6.07, 6.45) is 4.82. The molecule has 0 saturated heterocycles. The first-order valence-corrected chi connectivity index (χ1v) is 6.78. The lowest BCUT2D eigenvalue weighted by molar-refractivity contribution is 0.0594. The highest BCUT2D eigenvalue weighted by Crippen LogP contribution is 2.30. The second-order valence-electron chi connectivity index (χ2n) is 4.83. The fraction of sp³-hybridized carbons (Fsp3) is 0.571. The molecular weight excluding hydrogens is 242 g/mol. The van der Waals surface area contributed by atoms with Crippen molar-refractivity contribution in [2.45, 2.75) is 38.6 Å². The first-order chi connectivity index (χ1) is 9.17. The highest BCUT2D eigenvalue weighted by Gasteiger charge is 2.24. The maximum absolute atomic E-state index is 11.6. The molecule has 1 aromatic rings. The molecule has 0 spiro atoms. The van der Waals surface area contributed by atoms with E-state index in [9.17, 15) is 4.79 Å². The van der Waals surface area contributed by atoms with Crippen LogP contribution in [0.2, 0.25) is 0 Å². The lowest BCUT2D eigenvalue weighted by Gasteiger charge is -2.29. The van der Waals surface area contributed by atoms with Gasteiger partial charge in [-0.1, -0.05) is 12.8 Å². The number of rotatable bonds is 4. The van der Waals surface area contributed by atoms with E-state index < -0.39 is 5.97 Å². The van der Waals surface area contributed by atoms with Gasteiger partial charge in [0.2, 0.25) is 0 Å². The Bertz CT molecular complexity index is 456. The topological polar surface area (TPSA) is 68.5 Å². The maximum atomic E-state index is 11.6. The molecule has 2 rings (SSSR count). The van der Waals surface area contributed by atoms with E-state index in [0.717, 1.165) is 19.4 Å². The third kappa shape index (κ3) is 2.80. The molecule has 1 fully saturated rings. The molecule has 0 aromatic carbocycles. The van der Waals surface area contributed by atoms with Gasteiger partial charge in [-0.2, -0.15) is 0 Å². The molecule has 104 valence electrons. The Balaban J connectivity index is 2.32. The second kappa shape index (κ2) is 5.91. The van der Waals surface area contributed by atoms with Gasteiger partial charge in [-0.25, -0.2) is 9.78 Å². The van der Waals surface area contributed by atoms with Crippen LogP contribution in [0.15, 0.2) is 12.1 Å². The van der Waals surface area contributed by atoms with Gasteiger partial charge in [0.05, 0.1) is 12.8 Å². The molecule has 0 amide bonds. The normalized spacial score (nSPS) is 15.5. The highest BCUT2D eigenvalue weighted by atomic mass is 16.5. The summed E-state index contributed by atoms with van der Waals surface area (Å²) in [5, 5.41) is 0. The number of nitrogen functional groups attached to an aromatic ring is 1. The molecule has 1 aliphatic carbocycles. The molecule has 1 saturated carbocycles. The third-order valence-corrected chi connectivity index (χ3v) is 3.68. The van der Waals surface area contributed by atoms with Gasteiger partial charge in [-0.05, 0) is 31.9 Å². The van der Waals surface area contributed by atoms with Crippen molar-refractivity contribution < 1.29 is 9.53 Å². The largest absolute Gasteiger partial charge is 0.464 e. The summed E-state index contributed by atoms with van der Waals surface area (Å²) in [5.41, 5.74) is 6.94. The number of nitrogens with zero attached hydrogens (tertiary/aromatic N) is 2. The molecule has 19 heavy (non-hydrogen) atoms. The molecular formula is C14H21N3O2. The summed E-state index contributed by atoms with van der Waals surface area (Å²) in [7, 11) is 1.36. The molecule has 0 aliphatic heterocycles. The minimum atomic E-state index is -0.427.